The first-order valence-electron chi connectivity index (χ1n) is 20.6. The van der Waals surface area contributed by atoms with Crippen molar-refractivity contribution in [3.8, 4) is 5.75 Å². The molecular formula is C47H67N2O3+. The van der Waals surface area contributed by atoms with Gasteiger partial charge < -0.3 is 14.7 Å². The van der Waals surface area contributed by atoms with E-state index in [-0.39, 0.29) is 28.5 Å². The first-order chi connectivity index (χ1) is 24.9. The summed E-state index contributed by atoms with van der Waals surface area (Å²) >= 11 is 0. The number of ether oxygens (including phenoxy) is 1. The molecule has 1 atom stereocenters. The number of allylic oxidation sites excluding steroid dienone is 5. The molecule has 5 rings (SSSR count). The average Bonchev–Trinajstić information content (AvgIpc) is 3.46. The standard InChI is InChI=1S/C47H66N2O3/c1-10-13-15-16-17-18-19-22-28-48-40-25-21-20-24-38(40)46(6,7)42(48)30-36-44(50)37(45(36)51)31-43-47(8,9)39-29-35(52-33(4)5)26-27-41(39)49(43)32-34(12-3)23-14-11-2/h20-21,24-27,29-31,33-34H,10-19,22-23,28,32H2,1-9H3/p+1. The van der Waals surface area contributed by atoms with Crippen LogP contribution in [0.1, 0.15) is 150 Å². The Morgan fingerprint density at radius 3 is 2.15 bits per heavy atom. The number of benzene rings is 2. The number of hydrogen-bond donors (Lipinski definition) is 1. The molecule has 0 aromatic heterocycles. The van der Waals surface area contributed by atoms with E-state index in [0.29, 0.717) is 17.1 Å². The summed E-state index contributed by atoms with van der Waals surface area (Å²) in [7, 11) is 0. The van der Waals surface area contributed by atoms with Gasteiger partial charge in [0.05, 0.1) is 22.7 Å². The maximum Gasteiger partial charge on any atom is 0.209 e. The molecule has 2 heterocycles. The Morgan fingerprint density at radius 1 is 0.827 bits per heavy atom. The lowest BCUT2D eigenvalue weighted by molar-refractivity contribution is -0.438. The van der Waals surface area contributed by atoms with Crippen molar-refractivity contribution in [3.63, 3.8) is 0 Å². The fourth-order valence-electron chi connectivity index (χ4n) is 8.56. The molecule has 0 radical (unpaired) electrons. The zero-order chi connectivity index (χ0) is 37.6. The first kappa shape index (κ1) is 39.6. The smallest absolute Gasteiger partial charge is 0.209 e. The van der Waals surface area contributed by atoms with Crippen LogP contribution in [0, 0.1) is 5.92 Å². The number of rotatable bonds is 19. The molecule has 0 bridgehead atoms. The number of Topliss-reactive ketones (excluding diaryl/α,β-unsaturated/α-hetero) is 1. The molecule has 1 aliphatic carbocycles. The van der Waals surface area contributed by atoms with Crippen LogP contribution >= 0.6 is 0 Å². The number of hydrogen-bond acceptors (Lipinski definition) is 4. The molecule has 3 aliphatic rings. The van der Waals surface area contributed by atoms with Gasteiger partial charge in [-0.1, -0.05) is 111 Å². The lowest BCUT2D eigenvalue weighted by Gasteiger charge is -2.31. The molecule has 2 aromatic carbocycles. The molecule has 282 valence electrons. The number of carbonyl (C=O) groups excluding carboxylic acids is 1. The maximum absolute atomic E-state index is 14.1. The zero-order valence-corrected chi connectivity index (χ0v) is 33.9. The van der Waals surface area contributed by atoms with Crippen molar-refractivity contribution >= 4 is 22.9 Å². The molecular weight excluding hydrogens is 641 g/mol. The molecule has 1 unspecified atom stereocenters. The Kier molecular flexibility index (Phi) is 13.0. The highest BCUT2D eigenvalue weighted by Crippen LogP contribution is 2.51. The van der Waals surface area contributed by atoms with Crippen molar-refractivity contribution in [1.29, 1.82) is 0 Å². The Bertz CT molecular complexity index is 1720. The Balaban J connectivity index is 1.48. The summed E-state index contributed by atoms with van der Waals surface area (Å²) in [6.07, 6.45) is 18.9. The zero-order valence-electron chi connectivity index (χ0n) is 33.9. The van der Waals surface area contributed by atoms with Crippen LogP contribution in [0.25, 0.3) is 0 Å². The summed E-state index contributed by atoms with van der Waals surface area (Å²) in [4.78, 5) is 16.6. The van der Waals surface area contributed by atoms with Crippen LogP contribution in [-0.4, -0.2) is 40.4 Å². The summed E-state index contributed by atoms with van der Waals surface area (Å²) in [6.45, 7) is 21.7. The molecule has 52 heavy (non-hydrogen) atoms. The molecule has 2 aromatic rings. The van der Waals surface area contributed by atoms with E-state index < -0.39 is 0 Å². The normalized spacial score (nSPS) is 19.6. The molecule has 0 fully saturated rings. The van der Waals surface area contributed by atoms with Crippen LogP contribution in [0.4, 0.5) is 11.4 Å². The number of ketones is 1. The van der Waals surface area contributed by atoms with Crippen molar-refractivity contribution in [2.45, 2.75) is 156 Å². The van der Waals surface area contributed by atoms with Gasteiger partial charge >= 0.3 is 0 Å². The van der Waals surface area contributed by atoms with Crippen LogP contribution in [0.3, 0.4) is 0 Å². The summed E-state index contributed by atoms with van der Waals surface area (Å²) in [5.74, 6) is 1.42. The Morgan fingerprint density at radius 2 is 1.50 bits per heavy atom. The molecule has 0 spiro atoms. The van der Waals surface area contributed by atoms with Crippen molar-refractivity contribution in [1.82, 2.24) is 0 Å². The molecule has 0 amide bonds. The van der Waals surface area contributed by atoms with Gasteiger partial charge in [0.2, 0.25) is 11.5 Å². The van der Waals surface area contributed by atoms with E-state index in [9.17, 15) is 9.90 Å². The fraction of sp³-hybridized carbons (Fsp3) is 0.574. The molecule has 2 aliphatic heterocycles. The van der Waals surface area contributed by atoms with E-state index in [4.69, 9.17) is 4.74 Å². The third kappa shape index (κ3) is 8.14. The van der Waals surface area contributed by atoms with Crippen molar-refractivity contribution in [2.75, 3.05) is 18.0 Å². The highest BCUT2D eigenvalue weighted by molar-refractivity contribution is 6.24. The largest absolute Gasteiger partial charge is 0.506 e. The number of carbonyl (C=O) groups is 1. The van der Waals surface area contributed by atoms with Gasteiger partial charge in [0.15, 0.2) is 5.71 Å². The van der Waals surface area contributed by atoms with Crippen molar-refractivity contribution < 1.29 is 19.2 Å². The van der Waals surface area contributed by atoms with Gasteiger partial charge in [-0.05, 0) is 76.3 Å². The number of fused-ring (bicyclic) bond motifs is 2. The summed E-state index contributed by atoms with van der Waals surface area (Å²) < 4.78 is 8.54. The van der Waals surface area contributed by atoms with Crippen LogP contribution < -0.4 is 9.64 Å². The third-order valence-corrected chi connectivity index (χ3v) is 11.8. The third-order valence-electron chi connectivity index (χ3n) is 11.8. The molecule has 1 N–H and O–H groups in total. The second-order valence-electron chi connectivity index (χ2n) is 16.8. The predicted molar refractivity (Wildman–Crippen MR) is 219 cm³/mol. The molecule has 0 saturated heterocycles. The number of aliphatic hydroxyl groups excluding tert-OH is 1. The van der Waals surface area contributed by atoms with Crippen LogP contribution in [-0.2, 0) is 15.6 Å². The maximum atomic E-state index is 14.1. The summed E-state index contributed by atoms with van der Waals surface area (Å²) in [5, 5.41) is 11.7. The molecule has 0 saturated carbocycles. The SMILES string of the molecule is CCCCCCCCCC[N+]1=C(/C=C2/C(=O)C(/C=C3\N(CC(CC)CCCC)c4ccc(OC(C)C)cc4C3(C)C)=C2O)C(C)(C)c2ccccc21. The number of aliphatic hydroxyl groups is 1. The van der Waals surface area contributed by atoms with Crippen LogP contribution in [0.2, 0.25) is 0 Å². The minimum Gasteiger partial charge on any atom is -0.506 e. The topological polar surface area (TPSA) is 52.8 Å². The Hall–Kier alpha value is -3.60. The van der Waals surface area contributed by atoms with E-state index in [0.717, 1.165) is 43.1 Å². The number of unbranched alkanes of at least 4 members (excludes halogenated alkanes) is 8. The lowest BCUT2D eigenvalue weighted by atomic mass is 9.77. The van der Waals surface area contributed by atoms with Gasteiger partial charge in [0.25, 0.3) is 0 Å². The van der Waals surface area contributed by atoms with Gasteiger partial charge in [0.1, 0.15) is 18.1 Å². The van der Waals surface area contributed by atoms with Crippen LogP contribution in [0.5, 0.6) is 5.75 Å². The predicted octanol–water partition coefficient (Wildman–Crippen LogP) is 12.2. The van der Waals surface area contributed by atoms with E-state index in [2.05, 4.69) is 114 Å². The van der Waals surface area contributed by atoms with Crippen LogP contribution in [0.15, 0.2) is 77.2 Å². The number of anilines is 1. The van der Waals surface area contributed by atoms with E-state index >= 15 is 0 Å². The summed E-state index contributed by atoms with van der Waals surface area (Å²) in [6, 6.07) is 15.1. The number of nitrogens with zero attached hydrogens (tertiary/aromatic N) is 2. The highest BCUT2D eigenvalue weighted by Gasteiger charge is 2.47. The highest BCUT2D eigenvalue weighted by atomic mass is 16.5. The van der Waals surface area contributed by atoms with Gasteiger partial charge in [-0.15, -0.1) is 0 Å². The molecule has 5 nitrogen and oxygen atoms in total. The van der Waals surface area contributed by atoms with E-state index in [1.807, 2.05) is 12.2 Å². The average molecular weight is 708 g/mol. The summed E-state index contributed by atoms with van der Waals surface area (Å²) in [5.41, 5.74) is 7.18. The monoisotopic (exact) mass is 708 g/mol. The van der Waals surface area contributed by atoms with E-state index in [1.54, 1.807) is 0 Å². The second-order valence-corrected chi connectivity index (χ2v) is 16.8. The van der Waals surface area contributed by atoms with Gasteiger partial charge in [-0.3, -0.25) is 4.79 Å². The van der Waals surface area contributed by atoms with Crippen molar-refractivity contribution in [3.05, 3.63) is 88.3 Å². The second kappa shape index (κ2) is 17.0. The lowest BCUT2D eigenvalue weighted by Crippen LogP contribution is -2.33. The fourth-order valence-corrected chi connectivity index (χ4v) is 8.56. The van der Waals surface area contributed by atoms with Crippen molar-refractivity contribution in [2.24, 2.45) is 5.92 Å². The quantitative estimate of drug-likeness (QED) is 0.0897. The first-order valence-corrected chi connectivity index (χ1v) is 20.6. The van der Waals surface area contributed by atoms with Gasteiger partial charge in [0, 0.05) is 47.5 Å². The van der Waals surface area contributed by atoms with E-state index in [1.165, 1.54) is 86.7 Å². The van der Waals surface area contributed by atoms with Gasteiger partial charge in [-0.2, -0.15) is 4.58 Å². The van der Waals surface area contributed by atoms with Gasteiger partial charge in [-0.25, -0.2) is 0 Å². The minimum atomic E-state index is -0.377. The minimum absolute atomic E-state index is 0.0788. The Labute approximate surface area is 315 Å². The molecule has 5 heteroatoms. The number of para-hydroxylation sites is 1.